The third-order valence-corrected chi connectivity index (χ3v) is 5.45. The molecule has 0 aliphatic carbocycles. The van der Waals surface area contributed by atoms with Crippen molar-refractivity contribution in [3.8, 4) is 5.75 Å². The first-order valence-corrected chi connectivity index (χ1v) is 10.0. The number of methoxy groups -OCH3 is 1. The number of amides is 1. The largest absolute Gasteiger partial charge is 0.496 e. The van der Waals surface area contributed by atoms with Crippen molar-refractivity contribution >= 4 is 27.3 Å². The van der Waals surface area contributed by atoms with Crippen LogP contribution >= 0.6 is 0 Å². The zero-order valence-electron chi connectivity index (χ0n) is 15.5. The average molecular weight is 396 g/mol. The van der Waals surface area contributed by atoms with Gasteiger partial charge in [-0.3, -0.25) is 9.52 Å². The van der Waals surface area contributed by atoms with Crippen LogP contribution in [0.4, 0.5) is 11.4 Å². The fourth-order valence-electron chi connectivity index (χ4n) is 2.62. The van der Waals surface area contributed by atoms with Gasteiger partial charge in [0.1, 0.15) is 5.75 Å². The van der Waals surface area contributed by atoms with Gasteiger partial charge >= 0.3 is 0 Å². The Balaban J connectivity index is 1.79. The van der Waals surface area contributed by atoms with Crippen molar-refractivity contribution in [2.75, 3.05) is 17.1 Å². The van der Waals surface area contributed by atoms with E-state index in [1.54, 1.807) is 72.8 Å². The maximum Gasteiger partial charge on any atom is 0.261 e. The molecule has 0 unspecified atom stereocenters. The molecule has 0 aliphatic heterocycles. The molecule has 1 amide bonds. The summed E-state index contributed by atoms with van der Waals surface area (Å²) in [6.07, 6.45) is 0. The van der Waals surface area contributed by atoms with E-state index in [9.17, 15) is 13.2 Å². The number of sulfonamides is 1. The van der Waals surface area contributed by atoms with Gasteiger partial charge in [0.2, 0.25) is 0 Å². The predicted molar refractivity (Wildman–Crippen MR) is 109 cm³/mol. The summed E-state index contributed by atoms with van der Waals surface area (Å²) in [5.74, 6) is 0.104. The Bertz CT molecular complexity index is 1090. The molecule has 0 saturated heterocycles. The summed E-state index contributed by atoms with van der Waals surface area (Å²) in [5.41, 5.74) is 2.16. The van der Waals surface area contributed by atoms with Crippen molar-refractivity contribution in [3.63, 3.8) is 0 Å². The van der Waals surface area contributed by atoms with Crippen molar-refractivity contribution in [1.82, 2.24) is 0 Å². The Morgan fingerprint density at radius 2 is 1.57 bits per heavy atom. The zero-order chi connectivity index (χ0) is 20.1. The van der Waals surface area contributed by atoms with Gasteiger partial charge in [0, 0.05) is 5.69 Å². The van der Waals surface area contributed by atoms with Gasteiger partial charge in [-0.15, -0.1) is 0 Å². The molecule has 2 N–H and O–H groups in total. The Morgan fingerprint density at radius 3 is 2.29 bits per heavy atom. The predicted octanol–water partition coefficient (Wildman–Crippen LogP) is 4.06. The maximum atomic E-state index is 12.5. The second-order valence-electron chi connectivity index (χ2n) is 6.15. The lowest BCUT2D eigenvalue weighted by Crippen LogP contribution is -2.15. The van der Waals surface area contributed by atoms with Gasteiger partial charge in [0.25, 0.3) is 15.9 Å². The van der Waals surface area contributed by atoms with Crippen LogP contribution in [0.15, 0.2) is 77.7 Å². The summed E-state index contributed by atoms with van der Waals surface area (Å²) in [4.78, 5) is 12.7. The molecule has 28 heavy (non-hydrogen) atoms. The molecule has 0 atom stereocenters. The standard InChI is InChI=1S/C21H20N2O4S/c1-15-10-12-18(13-11-15)28(25,26)23-17-7-5-6-16(14-17)22-21(24)19-8-3-4-9-20(19)27-2/h3-14,23H,1-2H3,(H,22,24). The molecule has 0 aromatic heterocycles. The monoisotopic (exact) mass is 396 g/mol. The van der Waals surface area contributed by atoms with Crippen LogP contribution in [0.1, 0.15) is 15.9 Å². The van der Waals surface area contributed by atoms with Crippen LogP contribution in [-0.4, -0.2) is 21.4 Å². The minimum Gasteiger partial charge on any atom is -0.496 e. The van der Waals surface area contributed by atoms with Gasteiger partial charge in [-0.25, -0.2) is 8.42 Å². The van der Waals surface area contributed by atoms with E-state index < -0.39 is 10.0 Å². The lowest BCUT2D eigenvalue weighted by atomic mass is 10.2. The third-order valence-electron chi connectivity index (χ3n) is 4.06. The molecule has 6 nitrogen and oxygen atoms in total. The number of benzene rings is 3. The van der Waals surface area contributed by atoms with Gasteiger partial charge in [-0.2, -0.15) is 0 Å². The molecule has 0 fully saturated rings. The fourth-order valence-corrected chi connectivity index (χ4v) is 3.67. The van der Waals surface area contributed by atoms with Gasteiger partial charge in [0.05, 0.1) is 23.3 Å². The summed E-state index contributed by atoms with van der Waals surface area (Å²) in [5, 5.41) is 2.75. The van der Waals surface area contributed by atoms with Crippen molar-refractivity contribution in [1.29, 1.82) is 0 Å². The topological polar surface area (TPSA) is 84.5 Å². The second-order valence-corrected chi connectivity index (χ2v) is 7.84. The number of carbonyl (C=O) groups is 1. The number of hydrogen-bond donors (Lipinski definition) is 2. The maximum absolute atomic E-state index is 12.5. The first-order chi connectivity index (χ1) is 13.4. The highest BCUT2D eigenvalue weighted by Gasteiger charge is 2.15. The van der Waals surface area contributed by atoms with Crippen molar-refractivity contribution in [2.45, 2.75) is 11.8 Å². The Kier molecular flexibility index (Phi) is 5.65. The van der Waals surface area contributed by atoms with Crippen LogP contribution < -0.4 is 14.8 Å². The Labute approximate surface area is 164 Å². The highest BCUT2D eigenvalue weighted by molar-refractivity contribution is 7.92. The average Bonchev–Trinajstić information content (AvgIpc) is 2.68. The van der Waals surface area contributed by atoms with Crippen LogP contribution in [0.3, 0.4) is 0 Å². The Morgan fingerprint density at radius 1 is 0.893 bits per heavy atom. The van der Waals surface area contributed by atoms with E-state index in [1.807, 2.05) is 6.92 Å². The van der Waals surface area contributed by atoms with Crippen molar-refractivity contribution in [3.05, 3.63) is 83.9 Å². The molecule has 0 heterocycles. The first-order valence-electron chi connectivity index (χ1n) is 8.53. The van der Waals surface area contributed by atoms with Crippen LogP contribution in [-0.2, 0) is 10.0 Å². The number of ether oxygens (including phenoxy) is 1. The fraction of sp³-hybridized carbons (Fsp3) is 0.0952. The van der Waals surface area contributed by atoms with Gasteiger partial charge in [-0.1, -0.05) is 35.9 Å². The number of para-hydroxylation sites is 1. The van der Waals surface area contributed by atoms with Gasteiger partial charge in [0.15, 0.2) is 0 Å². The summed E-state index contributed by atoms with van der Waals surface area (Å²) in [6.45, 7) is 1.89. The van der Waals surface area contributed by atoms with E-state index >= 15 is 0 Å². The van der Waals surface area contributed by atoms with E-state index in [2.05, 4.69) is 10.0 Å². The molecule has 0 saturated carbocycles. The molecule has 3 aromatic rings. The molecule has 0 spiro atoms. The van der Waals surface area contributed by atoms with Crippen LogP contribution in [0.25, 0.3) is 0 Å². The van der Waals surface area contributed by atoms with Gasteiger partial charge < -0.3 is 10.1 Å². The minimum absolute atomic E-state index is 0.168. The van der Waals surface area contributed by atoms with Crippen molar-refractivity contribution < 1.29 is 17.9 Å². The van der Waals surface area contributed by atoms with E-state index in [1.165, 1.54) is 7.11 Å². The number of hydrogen-bond acceptors (Lipinski definition) is 4. The molecule has 0 aliphatic rings. The summed E-state index contributed by atoms with van der Waals surface area (Å²) >= 11 is 0. The second kappa shape index (κ2) is 8.14. The highest BCUT2D eigenvalue weighted by Crippen LogP contribution is 2.22. The summed E-state index contributed by atoms with van der Waals surface area (Å²) in [6, 6.07) is 19.9. The molecule has 7 heteroatoms. The zero-order valence-corrected chi connectivity index (χ0v) is 16.3. The highest BCUT2D eigenvalue weighted by atomic mass is 32.2. The number of rotatable bonds is 6. The van der Waals surface area contributed by atoms with Gasteiger partial charge in [-0.05, 0) is 49.4 Å². The first kappa shape index (κ1) is 19.4. The Hall–Kier alpha value is -3.32. The number of carbonyl (C=O) groups excluding carboxylic acids is 1. The summed E-state index contributed by atoms with van der Waals surface area (Å²) in [7, 11) is -2.23. The number of anilines is 2. The molecule has 3 rings (SSSR count). The molecule has 0 radical (unpaired) electrons. The number of aryl methyl sites for hydroxylation is 1. The van der Waals surface area contributed by atoms with E-state index in [0.29, 0.717) is 22.7 Å². The minimum atomic E-state index is -3.72. The molecular weight excluding hydrogens is 376 g/mol. The lowest BCUT2D eigenvalue weighted by Gasteiger charge is -2.12. The lowest BCUT2D eigenvalue weighted by molar-refractivity contribution is 0.102. The SMILES string of the molecule is COc1ccccc1C(=O)Nc1cccc(NS(=O)(=O)c2ccc(C)cc2)c1. The normalized spacial score (nSPS) is 10.9. The molecule has 144 valence electrons. The van der Waals surface area contributed by atoms with Crippen LogP contribution in [0, 0.1) is 6.92 Å². The van der Waals surface area contributed by atoms with E-state index in [-0.39, 0.29) is 10.8 Å². The third kappa shape index (κ3) is 4.50. The quantitative estimate of drug-likeness (QED) is 0.658. The smallest absolute Gasteiger partial charge is 0.261 e. The van der Waals surface area contributed by atoms with Crippen LogP contribution in [0.2, 0.25) is 0 Å². The van der Waals surface area contributed by atoms with E-state index in [0.717, 1.165) is 5.56 Å². The van der Waals surface area contributed by atoms with E-state index in [4.69, 9.17) is 4.74 Å². The summed E-state index contributed by atoms with van der Waals surface area (Å²) < 4.78 is 32.8. The molecule has 0 bridgehead atoms. The molecular formula is C21H20N2O4S. The molecule has 3 aromatic carbocycles. The van der Waals surface area contributed by atoms with Crippen molar-refractivity contribution in [2.24, 2.45) is 0 Å². The number of nitrogens with one attached hydrogen (secondary N) is 2. The van der Waals surface area contributed by atoms with Crippen LogP contribution in [0.5, 0.6) is 5.75 Å².